The zero-order valence-electron chi connectivity index (χ0n) is 11.5. The summed E-state index contributed by atoms with van der Waals surface area (Å²) < 4.78 is 37.9. The Hall–Kier alpha value is -1.63. The molecule has 2 atom stereocenters. The number of nitrogens with one attached hydrogen (secondary N) is 1. The molecule has 0 aromatic heterocycles. The van der Waals surface area contributed by atoms with Gasteiger partial charge in [0.1, 0.15) is 0 Å². The largest absolute Gasteiger partial charge is 0.416 e. The van der Waals surface area contributed by atoms with Crippen LogP contribution in [0.25, 0.3) is 0 Å². The fraction of sp³-hybridized carbons (Fsp3) is 0.538. The van der Waals surface area contributed by atoms with Crippen LogP contribution in [0.1, 0.15) is 37.3 Å². The summed E-state index contributed by atoms with van der Waals surface area (Å²) >= 11 is 0. The Morgan fingerprint density at radius 3 is 2.40 bits per heavy atom. The fourth-order valence-corrected chi connectivity index (χ4v) is 2.29. The Morgan fingerprint density at radius 1 is 1.40 bits per heavy atom. The van der Waals surface area contributed by atoms with Gasteiger partial charge in [0.2, 0.25) is 0 Å². The van der Waals surface area contributed by atoms with Gasteiger partial charge in [-0.05, 0) is 19.5 Å². The summed E-state index contributed by atoms with van der Waals surface area (Å²) in [4.78, 5) is 10.3. The smallest absolute Gasteiger partial charge is 0.316 e. The van der Waals surface area contributed by atoms with Crippen LogP contribution in [0.4, 0.5) is 18.9 Å². The van der Waals surface area contributed by atoms with Gasteiger partial charge in [0, 0.05) is 23.6 Å². The molecule has 0 aliphatic carbocycles. The van der Waals surface area contributed by atoms with E-state index in [1.165, 1.54) is 6.07 Å². The summed E-state index contributed by atoms with van der Waals surface area (Å²) in [6, 6.07) is 2.66. The van der Waals surface area contributed by atoms with E-state index in [4.69, 9.17) is 0 Å². The van der Waals surface area contributed by atoms with Gasteiger partial charge in [-0.2, -0.15) is 13.2 Å². The Balaban J connectivity index is 3.30. The number of hydrogen-bond donors (Lipinski definition) is 1. The van der Waals surface area contributed by atoms with Crippen LogP contribution in [0.5, 0.6) is 0 Å². The SMILES string of the molecule is CCC(NC)C(C)c1ccc(C(F)(F)F)cc1[N+](=O)[O-]. The van der Waals surface area contributed by atoms with Gasteiger partial charge in [-0.25, -0.2) is 0 Å². The third kappa shape index (κ3) is 3.47. The van der Waals surface area contributed by atoms with Crippen LogP contribution in [0.2, 0.25) is 0 Å². The number of hydrogen-bond acceptors (Lipinski definition) is 3. The number of alkyl halides is 3. The number of nitro groups is 1. The number of halogens is 3. The van der Waals surface area contributed by atoms with Crippen LogP contribution < -0.4 is 5.32 Å². The molecule has 7 heteroatoms. The molecule has 0 amide bonds. The molecule has 1 aromatic rings. The highest BCUT2D eigenvalue weighted by Crippen LogP contribution is 2.36. The molecule has 4 nitrogen and oxygen atoms in total. The zero-order valence-corrected chi connectivity index (χ0v) is 11.5. The summed E-state index contributed by atoms with van der Waals surface area (Å²) in [5.74, 6) is -0.257. The van der Waals surface area contributed by atoms with E-state index in [0.29, 0.717) is 11.6 Å². The average molecular weight is 290 g/mol. The summed E-state index contributed by atoms with van der Waals surface area (Å²) in [5.41, 5.74) is -1.18. The topological polar surface area (TPSA) is 55.2 Å². The molecule has 20 heavy (non-hydrogen) atoms. The van der Waals surface area contributed by atoms with Gasteiger partial charge >= 0.3 is 6.18 Å². The lowest BCUT2D eigenvalue weighted by molar-refractivity contribution is -0.386. The first kappa shape index (κ1) is 16.4. The molecule has 1 N–H and O–H groups in total. The average Bonchev–Trinajstić information content (AvgIpc) is 2.38. The van der Waals surface area contributed by atoms with Crippen molar-refractivity contribution in [1.29, 1.82) is 0 Å². The lowest BCUT2D eigenvalue weighted by Gasteiger charge is -2.22. The molecule has 0 spiro atoms. The third-order valence-corrected chi connectivity index (χ3v) is 3.46. The van der Waals surface area contributed by atoms with Gasteiger partial charge in [-0.3, -0.25) is 10.1 Å². The molecule has 0 saturated carbocycles. The van der Waals surface area contributed by atoms with Crippen molar-refractivity contribution >= 4 is 5.69 Å². The highest BCUT2D eigenvalue weighted by atomic mass is 19.4. The third-order valence-electron chi connectivity index (χ3n) is 3.46. The molecule has 0 aliphatic rings. The summed E-state index contributed by atoms with van der Waals surface area (Å²) in [7, 11) is 1.72. The molecule has 0 aliphatic heterocycles. The first-order chi connectivity index (χ1) is 9.22. The van der Waals surface area contributed by atoms with Crippen molar-refractivity contribution in [2.45, 2.75) is 38.4 Å². The fourth-order valence-electron chi connectivity index (χ4n) is 2.29. The number of rotatable bonds is 5. The van der Waals surface area contributed by atoms with Crippen molar-refractivity contribution in [3.05, 3.63) is 39.4 Å². The first-order valence-corrected chi connectivity index (χ1v) is 6.25. The van der Waals surface area contributed by atoms with E-state index in [0.717, 1.165) is 12.5 Å². The van der Waals surface area contributed by atoms with Crippen molar-refractivity contribution in [2.24, 2.45) is 0 Å². The standard InChI is InChI=1S/C13H17F3N2O2/c1-4-11(17-3)8(2)10-6-5-9(13(14,15)16)7-12(10)18(19)20/h5-8,11,17H,4H2,1-3H3. The molecule has 0 radical (unpaired) electrons. The number of likely N-dealkylation sites (N-methyl/N-ethyl adjacent to an activating group) is 1. The number of benzene rings is 1. The summed E-state index contributed by atoms with van der Waals surface area (Å²) in [5, 5.41) is 14.0. The molecule has 0 fully saturated rings. The van der Waals surface area contributed by atoms with Crippen molar-refractivity contribution < 1.29 is 18.1 Å². The number of nitrogens with zero attached hydrogens (tertiary/aromatic N) is 1. The van der Waals surface area contributed by atoms with E-state index in [9.17, 15) is 23.3 Å². The van der Waals surface area contributed by atoms with Crippen molar-refractivity contribution in [1.82, 2.24) is 5.32 Å². The molecule has 0 heterocycles. The van der Waals surface area contributed by atoms with Crippen molar-refractivity contribution in [3.63, 3.8) is 0 Å². The predicted octanol–water partition coefficient (Wildman–Crippen LogP) is 3.72. The summed E-state index contributed by atoms with van der Waals surface area (Å²) in [6.45, 7) is 3.67. The molecule has 2 unspecified atom stereocenters. The normalized spacial score (nSPS) is 14.9. The maximum atomic E-state index is 12.6. The van der Waals surface area contributed by atoms with E-state index >= 15 is 0 Å². The Bertz CT molecular complexity index is 485. The molecule has 1 rings (SSSR count). The van der Waals surface area contributed by atoms with Crippen molar-refractivity contribution in [3.8, 4) is 0 Å². The van der Waals surface area contributed by atoms with Crippen LogP contribution in [-0.4, -0.2) is 18.0 Å². The van der Waals surface area contributed by atoms with Crippen LogP contribution >= 0.6 is 0 Å². The Kier molecular flexibility index (Phi) is 5.10. The molecule has 112 valence electrons. The van der Waals surface area contributed by atoms with E-state index in [-0.39, 0.29) is 12.0 Å². The van der Waals surface area contributed by atoms with Crippen LogP contribution in [0.15, 0.2) is 18.2 Å². The quantitative estimate of drug-likeness (QED) is 0.664. The maximum absolute atomic E-state index is 12.6. The minimum Gasteiger partial charge on any atom is -0.316 e. The molecular weight excluding hydrogens is 273 g/mol. The lowest BCUT2D eigenvalue weighted by Crippen LogP contribution is -2.30. The van der Waals surface area contributed by atoms with Crippen molar-refractivity contribution in [2.75, 3.05) is 7.05 Å². The van der Waals surface area contributed by atoms with Crippen LogP contribution in [0, 0.1) is 10.1 Å². The Morgan fingerprint density at radius 2 is 2.00 bits per heavy atom. The second-order valence-electron chi connectivity index (χ2n) is 4.62. The van der Waals surface area contributed by atoms with Gasteiger partial charge in [0.25, 0.3) is 5.69 Å². The van der Waals surface area contributed by atoms with E-state index in [1.807, 2.05) is 6.92 Å². The van der Waals surface area contributed by atoms with Crippen LogP contribution in [-0.2, 0) is 6.18 Å². The molecule has 1 aromatic carbocycles. The zero-order chi connectivity index (χ0) is 15.5. The van der Waals surface area contributed by atoms with Crippen LogP contribution in [0.3, 0.4) is 0 Å². The second kappa shape index (κ2) is 6.21. The number of nitro benzene ring substituents is 1. The minimum absolute atomic E-state index is 0.0366. The molecular formula is C13H17F3N2O2. The highest BCUT2D eigenvalue weighted by Gasteiger charge is 2.34. The van der Waals surface area contributed by atoms with Gasteiger partial charge in [0.15, 0.2) is 0 Å². The second-order valence-corrected chi connectivity index (χ2v) is 4.62. The first-order valence-electron chi connectivity index (χ1n) is 6.25. The lowest BCUT2D eigenvalue weighted by atomic mass is 9.90. The predicted molar refractivity (Wildman–Crippen MR) is 69.7 cm³/mol. The van der Waals surface area contributed by atoms with Gasteiger partial charge < -0.3 is 5.32 Å². The van der Waals surface area contributed by atoms with Gasteiger partial charge in [-0.15, -0.1) is 0 Å². The Labute approximate surface area is 115 Å². The van der Waals surface area contributed by atoms with E-state index in [2.05, 4.69) is 5.32 Å². The van der Waals surface area contributed by atoms with E-state index in [1.54, 1.807) is 14.0 Å². The molecule has 0 bridgehead atoms. The monoisotopic (exact) mass is 290 g/mol. The van der Waals surface area contributed by atoms with Gasteiger partial charge in [0.05, 0.1) is 10.5 Å². The summed E-state index contributed by atoms with van der Waals surface area (Å²) in [6.07, 6.45) is -3.87. The van der Waals surface area contributed by atoms with Gasteiger partial charge in [-0.1, -0.05) is 19.9 Å². The molecule has 0 saturated heterocycles. The minimum atomic E-state index is -4.58. The van der Waals surface area contributed by atoms with E-state index < -0.39 is 22.4 Å². The maximum Gasteiger partial charge on any atom is 0.416 e. The highest BCUT2D eigenvalue weighted by molar-refractivity contribution is 5.46.